The number of rotatable bonds is 4. The Hall–Kier alpha value is 0.400. The predicted molar refractivity (Wildman–Crippen MR) is 47.5 cm³/mol. The molecule has 0 aromatic carbocycles. The van der Waals surface area contributed by atoms with E-state index < -0.39 is 0 Å². The molecule has 0 saturated carbocycles. The molecule has 0 bridgehead atoms. The van der Waals surface area contributed by atoms with Crippen LogP contribution < -0.4 is 5.32 Å². The summed E-state index contributed by atoms with van der Waals surface area (Å²) in [4.78, 5) is 0. The van der Waals surface area contributed by atoms with E-state index in [1.54, 1.807) is 0 Å². The average molecular weight is 210 g/mol. The van der Waals surface area contributed by atoms with E-state index in [0.717, 1.165) is 11.9 Å². The summed E-state index contributed by atoms with van der Waals surface area (Å²) in [5, 5.41) is 4.10. The van der Waals surface area contributed by atoms with Gasteiger partial charge >= 0.3 is 0 Å². The zero-order valence-electron chi connectivity index (χ0n) is 6.91. The lowest BCUT2D eigenvalue weighted by molar-refractivity contribution is -0.0123. The number of hydrogen-bond donors (Lipinski definition) is 1. The lowest BCUT2D eigenvalue weighted by Gasteiger charge is -2.19. The third kappa shape index (κ3) is 8.40. The van der Waals surface area contributed by atoms with E-state index in [9.17, 15) is 0 Å². The first kappa shape index (κ1) is 10.4. The highest BCUT2D eigenvalue weighted by molar-refractivity contribution is 9.09. The Balaban J connectivity index is 3.04. The van der Waals surface area contributed by atoms with Crippen LogP contribution in [0.15, 0.2) is 0 Å². The van der Waals surface area contributed by atoms with Crippen LogP contribution in [0.1, 0.15) is 20.8 Å². The summed E-state index contributed by atoms with van der Waals surface area (Å²) in [5.41, 5.74) is -0.0285. The molecule has 0 radical (unpaired) electrons. The predicted octanol–water partition coefficient (Wildman–Crippen LogP) is 1.74. The van der Waals surface area contributed by atoms with Gasteiger partial charge in [0.25, 0.3) is 0 Å². The van der Waals surface area contributed by atoms with Crippen LogP contribution in [-0.4, -0.2) is 24.2 Å². The van der Waals surface area contributed by atoms with Crippen LogP contribution in [0.5, 0.6) is 0 Å². The van der Waals surface area contributed by atoms with Crippen molar-refractivity contribution in [2.75, 3.05) is 18.6 Å². The van der Waals surface area contributed by atoms with Crippen molar-refractivity contribution in [3.63, 3.8) is 0 Å². The maximum atomic E-state index is 5.40. The second-order valence-corrected chi connectivity index (χ2v) is 3.88. The van der Waals surface area contributed by atoms with Gasteiger partial charge in [-0.05, 0) is 20.8 Å². The van der Waals surface area contributed by atoms with Gasteiger partial charge in [-0.3, -0.25) is 5.32 Å². The normalized spacial score (nSPS) is 12.0. The Bertz CT molecular complexity index is 80.2. The smallest absolute Gasteiger partial charge is 0.0972 e. The number of ether oxygens (including phenoxy) is 1. The molecule has 0 aliphatic carbocycles. The first-order chi connectivity index (χ1) is 4.56. The van der Waals surface area contributed by atoms with E-state index in [1.165, 1.54) is 0 Å². The van der Waals surface area contributed by atoms with Crippen LogP contribution in [0.2, 0.25) is 0 Å². The third-order valence-electron chi connectivity index (χ3n) is 0.879. The molecule has 2 nitrogen and oxygen atoms in total. The molecule has 0 aliphatic heterocycles. The summed E-state index contributed by atoms with van der Waals surface area (Å²) in [5.74, 6) is 0. The highest BCUT2D eigenvalue weighted by atomic mass is 79.9. The second kappa shape index (κ2) is 5.10. The zero-order valence-corrected chi connectivity index (χ0v) is 8.49. The van der Waals surface area contributed by atoms with Gasteiger partial charge in [0.1, 0.15) is 0 Å². The summed E-state index contributed by atoms with van der Waals surface area (Å²) in [6, 6.07) is 0. The van der Waals surface area contributed by atoms with Crippen LogP contribution in [0.3, 0.4) is 0 Å². The SMILES string of the molecule is CC(C)(C)OCNCCBr. The van der Waals surface area contributed by atoms with E-state index in [4.69, 9.17) is 4.74 Å². The quantitative estimate of drug-likeness (QED) is 0.433. The molecule has 0 fully saturated rings. The van der Waals surface area contributed by atoms with Crippen LogP contribution in [0, 0.1) is 0 Å². The minimum absolute atomic E-state index is 0.0285. The van der Waals surface area contributed by atoms with Crippen molar-refractivity contribution in [2.24, 2.45) is 0 Å². The Kier molecular flexibility index (Phi) is 5.31. The van der Waals surface area contributed by atoms with Crippen molar-refractivity contribution in [3.8, 4) is 0 Å². The van der Waals surface area contributed by atoms with Crippen molar-refractivity contribution < 1.29 is 4.74 Å². The molecule has 0 atom stereocenters. The summed E-state index contributed by atoms with van der Waals surface area (Å²) < 4.78 is 5.40. The van der Waals surface area contributed by atoms with E-state index in [-0.39, 0.29) is 5.60 Å². The van der Waals surface area contributed by atoms with E-state index >= 15 is 0 Å². The van der Waals surface area contributed by atoms with E-state index in [0.29, 0.717) is 6.73 Å². The van der Waals surface area contributed by atoms with Gasteiger partial charge in [-0.1, -0.05) is 15.9 Å². The molecule has 0 aromatic rings. The molecule has 62 valence electrons. The van der Waals surface area contributed by atoms with Gasteiger partial charge in [0.2, 0.25) is 0 Å². The van der Waals surface area contributed by atoms with Gasteiger partial charge in [0.05, 0.1) is 12.3 Å². The Morgan fingerprint density at radius 3 is 2.40 bits per heavy atom. The van der Waals surface area contributed by atoms with E-state index in [1.807, 2.05) is 20.8 Å². The first-order valence-electron chi connectivity index (χ1n) is 3.47. The topological polar surface area (TPSA) is 21.3 Å². The fourth-order valence-corrected chi connectivity index (χ4v) is 0.687. The van der Waals surface area contributed by atoms with Gasteiger partial charge < -0.3 is 4.74 Å². The Morgan fingerprint density at radius 2 is 2.00 bits per heavy atom. The Morgan fingerprint density at radius 1 is 1.40 bits per heavy atom. The van der Waals surface area contributed by atoms with Gasteiger partial charge in [-0.15, -0.1) is 0 Å². The van der Waals surface area contributed by atoms with E-state index in [2.05, 4.69) is 21.2 Å². The lowest BCUT2D eigenvalue weighted by atomic mass is 10.2. The molecule has 0 saturated heterocycles. The standard InChI is InChI=1S/C7H16BrNO/c1-7(2,3)10-6-9-5-4-8/h9H,4-6H2,1-3H3. The molecule has 0 aromatic heterocycles. The summed E-state index contributed by atoms with van der Waals surface area (Å²) in [6.07, 6.45) is 0. The molecule has 0 rings (SSSR count). The minimum atomic E-state index is -0.0285. The molecule has 3 heteroatoms. The van der Waals surface area contributed by atoms with Gasteiger partial charge in [-0.2, -0.15) is 0 Å². The fraction of sp³-hybridized carbons (Fsp3) is 1.00. The number of hydrogen-bond acceptors (Lipinski definition) is 2. The van der Waals surface area contributed by atoms with Crippen molar-refractivity contribution in [2.45, 2.75) is 26.4 Å². The molecule has 0 spiro atoms. The number of alkyl halides is 1. The van der Waals surface area contributed by atoms with Gasteiger partial charge in [-0.25, -0.2) is 0 Å². The van der Waals surface area contributed by atoms with Crippen molar-refractivity contribution in [3.05, 3.63) is 0 Å². The van der Waals surface area contributed by atoms with Crippen molar-refractivity contribution in [1.29, 1.82) is 0 Å². The molecular formula is C7H16BrNO. The van der Waals surface area contributed by atoms with Crippen LogP contribution >= 0.6 is 15.9 Å². The van der Waals surface area contributed by atoms with Crippen LogP contribution in [0.4, 0.5) is 0 Å². The third-order valence-corrected chi connectivity index (χ3v) is 1.28. The molecule has 0 aliphatic rings. The first-order valence-corrected chi connectivity index (χ1v) is 4.59. The highest BCUT2D eigenvalue weighted by Gasteiger charge is 2.08. The van der Waals surface area contributed by atoms with Gasteiger partial charge in [0, 0.05) is 11.9 Å². The monoisotopic (exact) mass is 209 g/mol. The van der Waals surface area contributed by atoms with Crippen molar-refractivity contribution in [1.82, 2.24) is 5.32 Å². The molecule has 0 amide bonds. The minimum Gasteiger partial charge on any atom is -0.361 e. The maximum Gasteiger partial charge on any atom is 0.0972 e. The molecule has 0 unspecified atom stereocenters. The van der Waals surface area contributed by atoms with Gasteiger partial charge in [0.15, 0.2) is 0 Å². The number of nitrogens with one attached hydrogen (secondary N) is 1. The summed E-state index contributed by atoms with van der Waals surface area (Å²) in [7, 11) is 0. The largest absolute Gasteiger partial charge is 0.361 e. The fourth-order valence-electron chi connectivity index (χ4n) is 0.407. The number of halogens is 1. The average Bonchev–Trinajstić information content (AvgIpc) is 1.78. The Labute approximate surface area is 71.5 Å². The summed E-state index contributed by atoms with van der Waals surface area (Å²) >= 11 is 3.31. The second-order valence-electron chi connectivity index (χ2n) is 3.09. The summed E-state index contributed by atoms with van der Waals surface area (Å²) in [6.45, 7) is 7.72. The zero-order chi connectivity index (χ0) is 8.04. The molecular weight excluding hydrogens is 194 g/mol. The maximum absolute atomic E-state index is 5.40. The highest BCUT2D eigenvalue weighted by Crippen LogP contribution is 2.04. The molecule has 0 heterocycles. The van der Waals surface area contributed by atoms with Crippen LogP contribution in [-0.2, 0) is 4.74 Å². The lowest BCUT2D eigenvalue weighted by Crippen LogP contribution is -2.28. The molecule has 1 N–H and O–H groups in total. The van der Waals surface area contributed by atoms with Crippen molar-refractivity contribution >= 4 is 15.9 Å². The van der Waals surface area contributed by atoms with Crippen LogP contribution in [0.25, 0.3) is 0 Å². The molecule has 10 heavy (non-hydrogen) atoms.